The number of nitrogens with zero attached hydrogens (tertiary/aromatic N) is 1. The van der Waals surface area contributed by atoms with Gasteiger partial charge in [-0.15, -0.1) is 0 Å². The molecule has 0 aliphatic carbocycles. The van der Waals surface area contributed by atoms with Crippen LogP contribution in [0.3, 0.4) is 0 Å². The summed E-state index contributed by atoms with van der Waals surface area (Å²) in [5.41, 5.74) is 1.53. The molecule has 1 N–H and O–H groups in total. The summed E-state index contributed by atoms with van der Waals surface area (Å²) in [6.45, 7) is 2.04. The Morgan fingerprint density at radius 1 is 1.06 bits per heavy atom. The van der Waals surface area contributed by atoms with Gasteiger partial charge in [0.2, 0.25) is 6.10 Å². The average Bonchev–Trinajstić information content (AvgIpc) is 2.82. The van der Waals surface area contributed by atoms with Gasteiger partial charge in [0.05, 0.1) is 11.6 Å². The zero-order valence-electron chi connectivity index (χ0n) is 17.4. The molecule has 0 aromatic heterocycles. The fourth-order valence-electron chi connectivity index (χ4n) is 3.65. The molecule has 0 saturated carbocycles. The van der Waals surface area contributed by atoms with Crippen molar-refractivity contribution in [1.29, 1.82) is 0 Å². The molecule has 1 unspecified atom stereocenters. The number of benzene rings is 3. The van der Waals surface area contributed by atoms with E-state index in [4.69, 9.17) is 9.47 Å². The van der Waals surface area contributed by atoms with Crippen LogP contribution in [0, 0.1) is 5.82 Å². The maximum atomic E-state index is 13.5. The van der Waals surface area contributed by atoms with Crippen LogP contribution >= 0.6 is 0 Å². The van der Waals surface area contributed by atoms with E-state index in [1.54, 1.807) is 47.4 Å². The van der Waals surface area contributed by atoms with Crippen molar-refractivity contribution in [1.82, 2.24) is 4.90 Å². The van der Waals surface area contributed by atoms with Crippen LogP contribution in [0.5, 0.6) is 11.5 Å². The van der Waals surface area contributed by atoms with Gasteiger partial charge in [-0.1, -0.05) is 36.4 Å². The first-order valence-electron chi connectivity index (χ1n) is 10.2. The molecule has 1 heterocycles. The van der Waals surface area contributed by atoms with Crippen molar-refractivity contribution in [2.45, 2.75) is 25.6 Å². The Labute approximate surface area is 184 Å². The van der Waals surface area contributed by atoms with Gasteiger partial charge in [-0.05, 0) is 54.4 Å². The Bertz CT molecular complexity index is 1130. The van der Waals surface area contributed by atoms with Crippen molar-refractivity contribution < 1.29 is 28.6 Å². The van der Waals surface area contributed by atoms with E-state index in [2.05, 4.69) is 0 Å². The number of halogens is 1. The second kappa shape index (κ2) is 9.09. The summed E-state index contributed by atoms with van der Waals surface area (Å²) in [6, 6.07) is 19.1. The maximum Gasteiger partial charge on any atom is 0.335 e. The minimum absolute atomic E-state index is 0.0532. The lowest BCUT2D eigenvalue weighted by Crippen LogP contribution is -2.47. The quantitative estimate of drug-likeness (QED) is 0.619. The Morgan fingerprint density at radius 3 is 2.50 bits per heavy atom. The lowest BCUT2D eigenvalue weighted by Gasteiger charge is -2.34. The van der Waals surface area contributed by atoms with Crippen LogP contribution in [0.4, 0.5) is 4.39 Å². The molecule has 0 bridgehead atoms. The molecule has 3 aromatic carbocycles. The Hall–Kier alpha value is -3.87. The fourth-order valence-corrected chi connectivity index (χ4v) is 3.65. The molecule has 6 nitrogen and oxygen atoms in total. The van der Waals surface area contributed by atoms with Gasteiger partial charge in [-0.3, -0.25) is 4.79 Å². The molecule has 2 atom stereocenters. The van der Waals surface area contributed by atoms with E-state index in [9.17, 15) is 19.1 Å². The zero-order chi connectivity index (χ0) is 22.7. The number of para-hydroxylation sites is 2. The fraction of sp³-hybridized carbons (Fsp3) is 0.200. The molecule has 4 rings (SSSR count). The van der Waals surface area contributed by atoms with Gasteiger partial charge < -0.3 is 19.5 Å². The lowest BCUT2D eigenvalue weighted by molar-refractivity contribution is -0.144. The third-order valence-corrected chi connectivity index (χ3v) is 5.41. The molecule has 3 aromatic rings. The highest BCUT2D eigenvalue weighted by atomic mass is 19.1. The van der Waals surface area contributed by atoms with Gasteiger partial charge in [0.15, 0.2) is 11.5 Å². The second-order valence-electron chi connectivity index (χ2n) is 7.56. The Kier molecular flexibility index (Phi) is 6.07. The number of carboxylic acid groups (broad SMARTS) is 1. The van der Waals surface area contributed by atoms with Gasteiger partial charge in [0, 0.05) is 6.54 Å². The van der Waals surface area contributed by atoms with E-state index < -0.39 is 18.1 Å². The summed E-state index contributed by atoms with van der Waals surface area (Å²) in [5.74, 6) is -0.661. The molecule has 0 fully saturated rings. The van der Waals surface area contributed by atoms with Gasteiger partial charge in [0.25, 0.3) is 5.91 Å². The summed E-state index contributed by atoms with van der Waals surface area (Å²) in [7, 11) is 0. The van der Waals surface area contributed by atoms with Crippen LogP contribution in [0.1, 0.15) is 34.5 Å². The molecule has 0 saturated heterocycles. The van der Waals surface area contributed by atoms with Crippen molar-refractivity contribution >= 4 is 11.9 Å². The van der Waals surface area contributed by atoms with E-state index in [0.717, 1.165) is 5.56 Å². The van der Waals surface area contributed by atoms with Crippen molar-refractivity contribution in [3.8, 4) is 11.5 Å². The number of carboxylic acids is 1. The summed E-state index contributed by atoms with van der Waals surface area (Å²) in [5, 5.41) is 9.31. The van der Waals surface area contributed by atoms with Crippen LogP contribution in [-0.2, 0) is 11.3 Å². The normalized spacial score (nSPS) is 15.6. The van der Waals surface area contributed by atoms with E-state index in [-0.39, 0.29) is 30.4 Å². The molecule has 32 heavy (non-hydrogen) atoms. The summed E-state index contributed by atoms with van der Waals surface area (Å²) < 4.78 is 25.1. The van der Waals surface area contributed by atoms with Gasteiger partial charge >= 0.3 is 5.97 Å². The molecule has 164 valence electrons. The van der Waals surface area contributed by atoms with E-state index in [0.29, 0.717) is 17.1 Å². The van der Waals surface area contributed by atoms with Crippen molar-refractivity contribution in [3.63, 3.8) is 0 Å². The summed E-state index contributed by atoms with van der Waals surface area (Å²) in [4.78, 5) is 26.5. The van der Waals surface area contributed by atoms with Crippen LogP contribution in [0.25, 0.3) is 0 Å². The molecule has 0 radical (unpaired) electrons. The Morgan fingerprint density at radius 2 is 1.78 bits per heavy atom. The van der Waals surface area contributed by atoms with Crippen LogP contribution < -0.4 is 9.47 Å². The van der Waals surface area contributed by atoms with E-state index in [1.807, 2.05) is 13.0 Å². The van der Waals surface area contributed by atoms with E-state index >= 15 is 0 Å². The molecule has 7 heteroatoms. The standard InChI is InChI=1S/C25H22FNO5/c1-16(18-9-11-20(26)12-10-18)27(14-17-5-4-6-19(13-17)25(29)30)24(28)23-15-31-21-7-2-3-8-22(21)32-23/h2-13,16,23H,14-15H2,1H3,(H,29,30)/t16-,23?/m1/s1. The number of carbonyl (C=O) groups is 2. The summed E-state index contributed by atoms with van der Waals surface area (Å²) in [6.07, 6.45) is -0.865. The first kappa shape index (κ1) is 21.4. The monoisotopic (exact) mass is 435 g/mol. The number of carbonyl (C=O) groups excluding carboxylic acids is 1. The number of hydrogen-bond donors (Lipinski definition) is 1. The summed E-state index contributed by atoms with van der Waals surface area (Å²) >= 11 is 0. The number of amides is 1. The van der Waals surface area contributed by atoms with Crippen molar-refractivity contribution in [2.24, 2.45) is 0 Å². The van der Waals surface area contributed by atoms with E-state index in [1.165, 1.54) is 24.3 Å². The third kappa shape index (κ3) is 4.56. The maximum absolute atomic E-state index is 13.5. The minimum atomic E-state index is -1.04. The van der Waals surface area contributed by atoms with Crippen molar-refractivity contribution in [2.75, 3.05) is 6.61 Å². The molecule has 0 spiro atoms. The molecular weight excluding hydrogens is 413 g/mol. The first-order chi connectivity index (χ1) is 15.4. The van der Waals surface area contributed by atoms with Gasteiger partial charge in [0.1, 0.15) is 12.4 Å². The molecule has 1 aliphatic heterocycles. The second-order valence-corrected chi connectivity index (χ2v) is 7.56. The topological polar surface area (TPSA) is 76.1 Å². The lowest BCUT2D eigenvalue weighted by atomic mass is 10.0. The predicted octanol–water partition coefficient (Wildman–Crippen LogP) is 4.45. The average molecular weight is 435 g/mol. The highest BCUT2D eigenvalue weighted by Gasteiger charge is 2.33. The number of rotatable bonds is 6. The third-order valence-electron chi connectivity index (χ3n) is 5.41. The van der Waals surface area contributed by atoms with Crippen LogP contribution in [0.2, 0.25) is 0 Å². The zero-order valence-corrected chi connectivity index (χ0v) is 17.4. The molecular formula is C25H22FNO5. The van der Waals surface area contributed by atoms with Gasteiger partial charge in [-0.25, -0.2) is 9.18 Å². The number of hydrogen-bond acceptors (Lipinski definition) is 4. The molecule has 1 aliphatic rings. The highest BCUT2D eigenvalue weighted by Crippen LogP contribution is 2.32. The van der Waals surface area contributed by atoms with Crippen molar-refractivity contribution in [3.05, 3.63) is 95.3 Å². The smallest absolute Gasteiger partial charge is 0.335 e. The van der Waals surface area contributed by atoms with Crippen LogP contribution in [-0.4, -0.2) is 34.6 Å². The number of ether oxygens (including phenoxy) is 2. The first-order valence-corrected chi connectivity index (χ1v) is 10.2. The molecule has 1 amide bonds. The number of aromatic carboxylic acids is 1. The van der Waals surface area contributed by atoms with Gasteiger partial charge in [-0.2, -0.15) is 0 Å². The predicted molar refractivity (Wildman–Crippen MR) is 115 cm³/mol. The SMILES string of the molecule is C[C@H](c1ccc(F)cc1)N(Cc1cccc(C(=O)O)c1)C(=O)C1COc2ccccc2O1. The Balaban J connectivity index is 1.64. The largest absolute Gasteiger partial charge is 0.485 e. The minimum Gasteiger partial charge on any atom is -0.485 e. The highest BCUT2D eigenvalue weighted by molar-refractivity contribution is 5.88. The van der Waals surface area contributed by atoms with Crippen LogP contribution in [0.15, 0.2) is 72.8 Å². The number of fused-ring (bicyclic) bond motifs is 1.